The first-order valence-electron chi connectivity index (χ1n) is 3.79. The average molecular weight is 224 g/mol. The lowest BCUT2D eigenvalue weighted by molar-refractivity contribution is -0.283. The van der Waals surface area contributed by atoms with Gasteiger partial charge < -0.3 is 5.11 Å². The molecule has 0 amide bonds. The maximum Gasteiger partial charge on any atom is 0.414 e. The highest BCUT2D eigenvalue weighted by Gasteiger charge is 2.55. The van der Waals surface area contributed by atoms with Gasteiger partial charge in [-0.1, -0.05) is 13.8 Å². The van der Waals surface area contributed by atoms with Crippen LogP contribution in [0.25, 0.3) is 0 Å². The SMILES string of the molecule is CC(C)C(C(O)C(F)(F)F)C(F)(F)F. The molecule has 86 valence electrons. The summed E-state index contributed by atoms with van der Waals surface area (Å²) in [4.78, 5) is 0. The molecule has 0 radical (unpaired) electrons. The van der Waals surface area contributed by atoms with Crippen molar-refractivity contribution < 1.29 is 31.4 Å². The van der Waals surface area contributed by atoms with Gasteiger partial charge in [0.15, 0.2) is 6.10 Å². The predicted molar refractivity (Wildman–Crippen MR) is 36.4 cm³/mol. The fraction of sp³-hybridized carbons (Fsp3) is 1.00. The zero-order valence-electron chi connectivity index (χ0n) is 7.45. The Morgan fingerprint density at radius 3 is 1.29 bits per heavy atom. The van der Waals surface area contributed by atoms with Gasteiger partial charge in [-0.2, -0.15) is 26.3 Å². The van der Waals surface area contributed by atoms with Gasteiger partial charge in [-0.25, -0.2) is 0 Å². The molecule has 0 rings (SSSR count). The molecule has 14 heavy (non-hydrogen) atoms. The molecule has 0 bridgehead atoms. The average Bonchev–Trinajstić information content (AvgIpc) is 1.79. The predicted octanol–water partition coefficient (Wildman–Crippen LogP) is 2.74. The van der Waals surface area contributed by atoms with Crippen molar-refractivity contribution in [3.8, 4) is 0 Å². The highest BCUT2D eigenvalue weighted by atomic mass is 19.4. The van der Waals surface area contributed by atoms with Crippen molar-refractivity contribution in [1.82, 2.24) is 0 Å². The van der Waals surface area contributed by atoms with E-state index >= 15 is 0 Å². The van der Waals surface area contributed by atoms with Crippen LogP contribution in [0.15, 0.2) is 0 Å². The number of alkyl halides is 6. The molecular weight excluding hydrogens is 214 g/mol. The van der Waals surface area contributed by atoms with Crippen LogP contribution in [0.3, 0.4) is 0 Å². The highest BCUT2D eigenvalue weighted by molar-refractivity contribution is 4.83. The van der Waals surface area contributed by atoms with Crippen LogP contribution in [-0.2, 0) is 0 Å². The maximum atomic E-state index is 12.1. The fourth-order valence-corrected chi connectivity index (χ4v) is 1.13. The third-order valence-corrected chi connectivity index (χ3v) is 1.77. The molecule has 0 saturated heterocycles. The normalized spacial score (nSPS) is 18.4. The van der Waals surface area contributed by atoms with Gasteiger partial charge >= 0.3 is 12.4 Å². The zero-order chi connectivity index (χ0) is 11.7. The van der Waals surface area contributed by atoms with Gasteiger partial charge in [0.05, 0.1) is 5.92 Å². The van der Waals surface area contributed by atoms with Gasteiger partial charge in [0.1, 0.15) is 0 Å². The van der Waals surface area contributed by atoms with E-state index in [1.165, 1.54) is 0 Å². The van der Waals surface area contributed by atoms with E-state index in [1.807, 2.05) is 0 Å². The number of halogens is 6. The van der Waals surface area contributed by atoms with Gasteiger partial charge in [0.2, 0.25) is 0 Å². The van der Waals surface area contributed by atoms with E-state index in [0.717, 1.165) is 13.8 Å². The van der Waals surface area contributed by atoms with E-state index < -0.39 is 30.3 Å². The molecule has 0 heterocycles. The molecule has 1 nitrogen and oxygen atoms in total. The first-order valence-corrected chi connectivity index (χ1v) is 3.79. The van der Waals surface area contributed by atoms with E-state index in [9.17, 15) is 26.3 Å². The number of rotatable bonds is 2. The quantitative estimate of drug-likeness (QED) is 0.715. The second kappa shape index (κ2) is 3.96. The second-order valence-electron chi connectivity index (χ2n) is 3.30. The second-order valence-corrected chi connectivity index (χ2v) is 3.30. The van der Waals surface area contributed by atoms with Crippen LogP contribution < -0.4 is 0 Å². The van der Waals surface area contributed by atoms with E-state index in [1.54, 1.807) is 0 Å². The zero-order valence-corrected chi connectivity index (χ0v) is 7.45. The van der Waals surface area contributed by atoms with Crippen molar-refractivity contribution in [1.29, 1.82) is 0 Å². The Hall–Kier alpha value is -0.460. The lowest BCUT2D eigenvalue weighted by atomic mass is 9.89. The fourth-order valence-electron chi connectivity index (χ4n) is 1.13. The molecule has 7 heteroatoms. The van der Waals surface area contributed by atoms with Crippen LogP contribution in [-0.4, -0.2) is 23.6 Å². The minimum atomic E-state index is -5.25. The Morgan fingerprint density at radius 1 is 0.857 bits per heavy atom. The summed E-state index contributed by atoms with van der Waals surface area (Å²) in [6.45, 7) is 1.96. The van der Waals surface area contributed by atoms with Crippen molar-refractivity contribution in [3.63, 3.8) is 0 Å². The first kappa shape index (κ1) is 13.5. The monoisotopic (exact) mass is 224 g/mol. The summed E-state index contributed by atoms with van der Waals surface area (Å²) < 4.78 is 71.8. The molecule has 2 atom stereocenters. The van der Waals surface area contributed by atoms with Gasteiger partial charge in [0, 0.05) is 0 Å². The number of aliphatic hydroxyl groups excluding tert-OH is 1. The summed E-state index contributed by atoms with van der Waals surface area (Å²) in [5, 5.41) is 8.51. The Morgan fingerprint density at radius 2 is 1.21 bits per heavy atom. The summed E-state index contributed by atoms with van der Waals surface area (Å²) in [5.41, 5.74) is 0. The molecule has 0 aromatic rings. The van der Waals surface area contributed by atoms with Gasteiger partial charge in [-0.3, -0.25) is 0 Å². The number of hydrogen-bond donors (Lipinski definition) is 1. The summed E-state index contributed by atoms with van der Waals surface area (Å²) in [7, 11) is 0. The van der Waals surface area contributed by atoms with Crippen molar-refractivity contribution in [2.45, 2.75) is 32.3 Å². The molecule has 0 aliphatic heterocycles. The van der Waals surface area contributed by atoms with Crippen molar-refractivity contribution in [3.05, 3.63) is 0 Å². The smallest absolute Gasteiger partial charge is 0.383 e. The Kier molecular flexibility index (Phi) is 3.83. The van der Waals surface area contributed by atoms with E-state index in [2.05, 4.69) is 0 Å². The summed E-state index contributed by atoms with van der Waals surface area (Å²) in [6, 6.07) is 0. The van der Waals surface area contributed by atoms with Crippen LogP contribution in [0.5, 0.6) is 0 Å². The molecule has 0 aliphatic carbocycles. The maximum absolute atomic E-state index is 12.1. The largest absolute Gasteiger partial charge is 0.414 e. The van der Waals surface area contributed by atoms with Crippen LogP contribution in [0.2, 0.25) is 0 Å². The molecule has 0 aliphatic rings. The van der Waals surface area contributed by atoms with Crippen LogP contribution in [0.4, 0.5) is 26.3 Å². The minimum Gasteiger partial charge on any atom is -0.383 e. The van der Waals surface area contributed by atoms with E-state index in [0.29, 0.717) is 0 Å². The first-order chi connectivity index (χ1) is 5.98. The van der Waals surface area contributed by atoms with Gasteiger partial charge in [0.25, 0.3) is 0 Å². The highest BCUT2D eigenvalue weighted by Crippen LogP contribution is 2.40. The lowest BCUT2D eigenvalue weighted by Crippen LogP contribution is -2.46. The molecule has 2 unspecified atom stereocenters. The van der Waals surface area contributed by atoms with E-state index in [4.69, 9.17) is 5.11 Å². The standard InChI is InChI=1S/C7H10F6O/c1-3(2)4(6(8,9)10)5(14)7(11,12)13/h3-5,14H,1-2H3. The van der Waals surface area contributed by atoms with Gasteiger partial charge in [-0.05, 0) is 5.92 Å². The van der Waals surface area contributed by atoms with Crippen molar-refractivity contribution in [2.24, 2.45) is 11.8 Å². The van der Waals surface area contributed by atoms with E-state index in [-0.39, 0.29) is 0 Å². The van der Waals surface area contributed by atoms with Crippen molar-refractivity contribution in [2.75, 3.05) is 0 Å². The minimum absolute atomic E-state index is 0.979. The molecule has 0 spiro atoms. The van der Waals surface area contributed by atoms with Crippen LogP contribution in [0, 0.1) is 11.8 Å². The third-order valence-electron chi connectivity index (χ3n) is 1.77. The summed E-state index contributed by atoms with van der Waals surface area (Å²) >= 11 is 0. The van der Waals surface area contributed by atoms with Crippen LogP contribution >= 0.6 is 0 Å². The molecule has 0 fully saturated rings. The molecule has 0 saturated carbocycles. The Labute approximate surface area is 76.7 Å². The lowest BCUT2D eigenvalue weighted by Gasteiger charge is -2.29. The number of aliphatic hydroxyl groups is 1. The summed E-state index contributed by atoms with van der Waals surface area (Å²) in [6.07, 6.45) is -13.7. The molecule has 1 N–H and O–H groups in total. The third kappa shape index (κ3) is 3.36. The number of hydrogen-bond acceptors (Lipinski definition) is 1. The molecule has 0 aromatic heterocycles. The topological polar surface area (TPSA) is 20.2 Å². The Balaban J connectivity index is 4.86. The molecule has 0 aromatic carbocycles. The van der Waals surface area contributed by atoms with Crippen molar-refractivity contribution >= 4 is 0 Å². The molecular formula is C7H10F6O. The Bertz CT molecular complexity index is 182. The van der Waals surface area contributed by atoms with Crippen LogP contribution in [0.1, 0.15) is 13.8 Å². The van der Waals surface area contributed by atoms with Gasteiger partial charge in [-0.15, -0.1) is 0 Å². The summed E-state index contributed by atoms with van der Waals surface area (Å²) in [5.74, 6) is -4.10.